The minimum Gasteiger partial charge on any atom is -0.369 e. The van der Waals surface area contributed by atoms with E-state index in [1.54, 1.807) is 53.6 Å². The lowest BCUT2D eigenvalue weighted by atomic mass is 9.85. The van der Waals surface area contributed by atoms with Gasteiger partial charge in [0.1, 0.15) is 11.8 Å². The number of ether oxygens (including phenoxy) is 1. The third-order valence-electron chi connectivity index (χ3n) is 8.00. The number of carbonyl (C=O) groups excluding carboxylic acids is 2. The Balaban J connectivity index is 1.34. The van der Waals surface area contributed by atoms with Gasteiger partial charge in [0.15, 0.2) is 0 Å². The van der Waals surface area contributed by atoms with Crippen molar-refractivity contribution in [2.24, 2.45) is 0 Å². The Morgan fingerprint density at radius 3 is 2.61 bits per heavy atom. The second-order valence-electron chi connectivity index (χ2n) is 10.6. The molecule has 9 heteroatoms. The molecule has 2 saturated heterocycles. The molecular formula is C32H34FN5O3. The summed E-state index contributed by atoms with van der Waals surface area (Å²) < 4.78 is 21.6. The van der Waals surface area contributed by atoms with Gasteiger partial charge >= 0.3 is 0 Å². The summed E-state index contributed by atoms with van der Waals surface area (Å²) >= 11 is 0. The van der Waals surface area contributed by atoms with Gasteiger partial charge in [-0.2, -0.15) is 5.26 Å². The highest BCUT2D eigenvalue weighted by Gasteiger charge is 2.38. The lowest BCUT2D eigenvalue weighted by Gasteiger charge is -2.37. The molecule has 41 heavy (non-hydrogen) atoms. The van der Waals surface area contributed by atoms with Crippen molar-refractivity contribution in [3.63, 3.8) is 0 Å². The average Bonchev–Trinajstić information content (AvgIpc) is 3.02. The number of carbonyl (C=O) groups is 2. The van der Waals surface area contributed by atoms with Gasteiger partial charge in [-0.25, -0.2) is 4.39 Å². The first-order valence-corrected chi connectivity index (χ1v) is 14.0. The van der Waals surface area contributed by atoms with Crippen molar-refractivity contribution in [3.05, 3.63) is 93.8 Å². The zero-order valence-corrected chi connectivity index (χ0v) is 23.4. The van der Waals surface area contributed by atoms with E-state index in [0.717, 1.165) is 17.7 Å². The van der Waals surface area contributed by atoms with Gasteiger partial charge < -0.3 is 20.3 Å². The average molecular weight is 556 g/mol. The first-order valence-electron chi connectivity index (χ1n) is 14.0. The van der Waals surface area contributed by atoms with Crippen LogP contribution >= 0.6 is 0 Å². The predicted molar refractivity (Wildman–Crippen MR) is 153 cm³/mol. The lowest BCUT2D eigenvalue weighted by molar-refractivity contribution is 0.0244. The Labute approximate surface area is 239 Å². The number of rotatable bonds is 6. The fraction of sp³-hybridized carbons (Fsp3) is 0.375. The molecule has 0 spiro atoms. The fourth-order valence-corrected chi connectivity index (χ4v) is 5.57. The number of alkyl halides is 1. The van der Waals surface area contributed by atoms with E-state index >= 15 is 4.39 Å². The highest BCUT2D eigenvalue weighted by atomic mass is 19.1. The van der Waals surface area contributed by atoms with Crippen LogP contribution in [0.2, 0.25) is 0 Å². The summed E-state index contributed by atoms with van der Waals surface area (Å²) in [6, 6.07) is 15.7. The Morgan fingerprint density at radius 1 is 1.20 bits per heavy atom. The zero-order valence-electron chi connectivity index (χ0n) is 23.4. The van der Waals surface area contributed by atoms with Crippen LogP contribution in [-0.4, -0.2) is 54.5 Å². The molecule has 2 fully saturated rings. The smallest absolute Gasteiger partial charge is 0.257 e. The van der Waals surface area contributed by atoms with E-state index < -0.39 is 5.67 Å². The second kappa shape index (κ2) is 12.2. The summed E-state index contributed by atoms with van der Waals surface area (Å²) in [5.41, 5.74) is 3.22. The summed E-state index contributed by atoms with van der Waals surface area (Å²) in [4.78, 5) is 33.2. The molecule has 0 radical (unpaired) electrons. The van der Waals surface area contributed by atoms with E-state index in [2.05, 4.69) is 21.7 Å². The number of morpholine rings is 1. The summed E-state index contributed by atoms with van der Waals surface area (Å²) in [5.74, 6) is -0.506. The molecule has 1 aromatic heterocycles. The Morgan fingerprint density at radius 2 is 1.95 bits per heavy atom. The van der Waals surface area contributed by atoms with Gasteiger partial charge in [-0.1, -0.05) is 25.1 Å². The van der Waals surface area contributed by atoms with E-state index in [9.17, 15) is 9.59 Å². The molecule has 2 amide bonds. The number of likely N-dealkylation sites (tertiary alicyclic amines) is 1. The summed E-state index contributed by atoms with van der Waals surface area (Å²) in [6.07, 6.45) is 2.33. The number of nitrogens with one attached hydrogen (secondary N) is 2. The minimum atomic E-state index is -1.55. The Kier molecular flexibility index (Phi) is 8.43. The number of piperidine rings is 1. The molecule has 2 aliphatic heterocycles. The van der Waals surface area contributed by atoms with E-state index in [0.29, 0.717) is 53.2 Å². The van der Waals surface area contributed by atoms with Crippen LogP contribution < -0.4 is 10.6 Å². The van der Waals surface area contributed by atoms with Crippen LogP contribution in [0.15, 0.2) is 54.7 Å². The minimum absolute atomic E-state index is 0.169. The number of aryl methyl sites for hydroxylation is 2. The topological polar surface area (TPSA) is 107 Å². The first-order chi connectivity index (χ1) is 19.8. The van der Waals surface area contributed by atoms with Crippen LogP contribution in [0, 0.1) is 18.3 Å². The normalized spacial score (nSPS) is 18.4. The molecule has 8 nitrogen and oxygen atoms in total. The van der Waals surface area contributed by atoms with E-state index in [1.807, 2.05) is 19.9 Å². The van der Waals surface area contributed by atoms with Crippen molar-refractivity contribution in [2.75, 3.05) is 38.1 Å². The molecule has 0 saturated carbocycles. The van der Waals surface area contributed by atoms with Crippen LogP contribution in [0.3, 0.4) is 0 Å². The molecule has 0 bridgehead atoms. The number of pyridine rings is 1. The van der Waals surface area contributed by atoms with Crippen molar-refractivity contribution in [3.8, 4) is 6.07 Å². The molecule has 2 N–H and O–H groups in total. The van der Waals surface area contributed by atoms with Gasteiger partial charge in [-0.3, -0.25) is 14.6 Å². The van der Waals surface area contributed by atoms with Crippen molar-refractivity contribution in [2.45, 2.75) is 44.9 Å². The van der Waals surface area contributed by atoms with Crippen LogP contribution in [-0.2, 0) is 16.8 Å². The number of hydrogen-bond acceptors (Lipinski definition) is 6. The fourth-order valence-electron chi connectivity index (χ4n) is 5.57. The summed E-state index contributed by atoms with van der Waals surface area (Å²) in [6.45, 7) is 6.27. The number of amides is 2. The largest absolute Gasteiger partial charge is 0.369 e. The molecule has 2 aromatic carbocycles. The van der Waals surface area contributed by atoms with Crippen LogP contribution in [0.25, 0.3) is 0 Å². The lowest BCUT2D eigenvalue weighted by Crippen LogP contribution is -2.43. The molecule has 2 aliphatic rings. The van der Waals surface area contributed by atoms with Crippen LogP contribution in [0.4, 0.5) is 10.1 Å². The highest BCUT2D eigenvalue weighted by molar-refractivity contribution is 6.06. The summed E-state index contributed by atoms with van der Waals surface area (Å²) in [5, 5.41) is 15.3. The molecule has 1 unspecified atom stereocenters. The maximum atomic E-state index is 15.8. The first kappa shape index (κ1) is 28.4. The van der Waals surface area contributed by atoms with Gasteiger partial charge in [0.05, 0.1) is 29.5 Å². The Bertz CT molecular complexity index is 1470. The number of anilines is 1. The van der Waals surface area contributed by atoms with Crippen LogP contribution in [0.5, 0.6) is 0 Å². The standard InChI is InChI=1S/C32H34FN5O3/c1-3-23-17-21(2)26(31(40)38-14-10-32(33,11-15-38)24-8-6-22(19-34)7-9-24)18-27(23)37-30(39)25-5-4-12-36-29(25)28-20-35-13-16-41-28/h4-9,12,17-18,28,35H,3,10-11,13-16,20H2,1-2H3,(H,37,39). The molecule has 0 aliphatic carbocycles. The van der Waals surface area contributed by atoms with E-state index in [1.165, 1.54) is 0 Å². The number of nitriles is 1. The van der Waals surface area contributed by atoms with Gasteiger partial charge in [0, 0.05) is 56.5 Å². The van der Waals surface area contributed by atoms with Gasteiger partial charge in [-0.15, -0.1) is 0 Å². The van der Waals surface area contributed by atoms with Crippen molar-refractivity contribution < 1.29 is 18.7 Å². The highest BCUT2D eigenvalue weighted by Crippen LogP contribution is 2.38. The maximum absolute atomic E-state index is 15.8. The molecular weight excluding hydrogens is 521 g/mol. The maximum Gasteiger partial charge on any atom is 0.257 e. The number of benzene rings is 2. The molecule has 3 heterocycles. The Hall–Kier alpha value is -4.13. The molecule has 212 valence electrons. The number of halogens is 1. The van der Waals surface area contributed by atoms with Crippen molar-refractivity contribution in [1.82, 2.24) is 15.2 Å². The predicted octanol–water partition coefficient (Wildman–Crippen LogP) is 4.84. The zero-order chi connectivity index (χ0) is 29.0. The monoisotopic (exact) mass is 555 g/mol. The summed E-state index contributed by atoms with van der Waals surface area (Å²) in [7, 11) is 0. The van der Waals surface area contributed by atoms with E-state index in [4.69, 9.17) is 10.00 Å². The van der Waals surface area contributed by atoms with Gasteiger partial charge in [0.25, 0.3) is 11.8 Å². The number of aromatic nitrogens is 1. The second-order valence-corrected chi connectivity index (χ2v) is 10.6. The number of nitrogens with zero attached hydrogens (tertiary/aromatic N) is 3. The van der Waals surface area contributed by atoms with Gasteiger partial charge in [-0.05, 0) is 60.4 Å². The molecule has 1 atom stereocenters. The SMILES string of the molecule is CCc1cc(C)c(C(=O)N2CCC(F)(c3ccc(C#N)cc3)CC2)cc1NC(=O)c1cccnc1C1CNCCO1. The quantitative estimate of drug-likeness (QED) is 0.451. The van der Waals surface area contributed by atoms with Crippen LogP contribution in [0.1, 0.15) is 74.5 Å². The van der Waals surface area contributed by atoms with Crippen molar-refractivity contribution >= 4 is 17.5 Å². The third kappa shape index (κ3) is 5.99. The van der Waals surface area contributed by atoms with E-state index in [-0.39, 0.29) is 43.8 Å². The molecule has 5 rings (SSSR count). The molecule has 3 aromatic rings. The van der Waals surface area contributed by atoms with Crippen molar-refractivity contribution in [1.29, 1.82) is 5.26 Å². The number of hydrogen-bond donors (Lipinski definition) is 2. The third-order valence-corrected chi connectivity index (χ3v) is 8.00. The van der Waals surface area contributed by atoms with Gasteiger partial charge in [0.2, 0.25) is 0 Å².